The summed E-state index contributed by atoms with van der Waals surface area (Å²) in [6.45, 7) is 7.37. The highest BCUT2D eigenvalue weighted by Crippen LogP contribution is 2.11. The van der Waals surface area contributed by atoms with Gasteiger partial charge in [0.2, 0.25) is 0 Å². The summed E-state index contributed by atoms with van der Waals surface area (Å²) >= 11 is 0. The molecule has 0 aliphatic carbocycles. The molecule has 0 radical (unpaired) electrons. The number of nitrogens with one attached hydrogen (secondary N) is 1. The molecule has 0 saturated heterocycles. The lowest BCUT2D eigenvalue weighted by molar-refractivity contribution is -0.119. The second kappa shape index (κ2) is 5.66. The molecule has 0 fully saturated rings. The first kappa shape index (κ1) is 14.2. The van der Waals surface area contributed by atoms with Crippen LogP contribution in [0.3, 0.4) is 0 Å². The quantitative estimate of drug-likeness (QED) is 0.892. The minimum absolute atomic E-state index is 0.0851. The molecule has 1 aromatic rings. The van der Waals surface area contributed by atoms with Gasteiger partial charge in [0.05, 0.1) is 18.4 Å². The number of hydrogen-bond acceptors (Lipinski definition) is 4. The number of anilines is 1. The molecule has 6 heteroatoms. The molecule has 0 aromatic carbocycles. The van der Waals surface area contributed by atoms with Gasteiger partial charge in [-0.3, -0.25) is 14.8 Å². The first-order valence-corrected chi connectivity index (χ1v) is 5.84. The molecule has 18 heavy (non-hydrogen) atoms. The van der Waals surface area contributed by atoms with Gasteiger partial charge in [-0.05, 0) is 20.8 Å². The molecule has 0 bridgehead atoms. The smallest absolute Gasteiger partial charge is 0.412 e. The lowest BCUT2D eigenvalue weighted by Gasteiger charge is -2.19. The molecule has 0 aliphatic heterocycles. The molecule has 1 rings (SSSR count). The van der Waals surface area contributed by atoms with Crippen molar-refractivity contribution in [3.05, 3.63) is 12.4 Å². The molecule has 1 amide bonds. The Morgan fingerprint density at radius 1 is 1.44 bits per heavy atom. The highest BCUT2D eigenvalue weighted by molar-refractivity contribution is 5.84. The average Bonchev–Trinajstić information content (AvgIpc) is 2.62. The van der Waals surface area contributed by atoms with Crippen LogP contribution in [-0.2, 0) is 16.1 Å². The van der Waals surface area contributed by atoms with Crippen molar-refractivity contribution in [3.8, 4) is 0 Å². The van der Waals surface area contributed by atoms with Crippen molar-refractivity contribution < 1.29 is 14.3 Å². The van der Waals surface area contributed by atoms with Gasteiger partial charge in [0.1, 0.15) is 5.60 Å². The molecular weight excluding hydrogens is 234 g/mol. The van der Waals surface area contributed by atoms with E-state index >= 15 is 0 Å². The Morgan fingerprint density at radius 2 is 2.11 bits per heavy atom. The minimum Gasteiger partial charge on any atom is -0.444 e. The van der Waals surface area contributed by atoms with Gasteiger partial charge in [0, 0.05) is 12.6 Å². The summed E-state index contributed by atoms with van der Waals surface area (Å²) in [6, 6.07) is 0. The Morgan fingerprint density at radius 3 is 2.67 bits per heavy atom. The van der Waals surface area contributed by atoms with Crippen molar-refractivity contribution in [1.29, 1.82) is 0 Å². The highest BCUT2D eigenvalue weighted by atomic mass is 16.6. The Labute approximate surface area is 106 Å². The summed E-state index contributed by atoms with van der Waals surface area (Å²) in [4.78, 5) is 22.7. The van der Waals surface area contributed by atoms with Gasteiger partial charge in [-0.1, -0.05) is 6.92 Å². The number of amides is 1. The number of carbonyl (C=O) groups excluding carboxylic acids is 2. The normalized spacial score (nSPS) is 11.1. The number of ketones is 1. The number of aromatic nitrogens is 2. The van der Waals surface area contributed by atoms with E-state index in [9.17, 15) is 9.59 Å². The summed E-state index contributed by atoms with van der Waals surface area (Å²) in [5, 5.41) is 6.53. The van der Waals surface area contributed by atoms with Gasteiger partial charge in [-0.25, -0.2) is 4.79 Å². The van der Waals surface area contributed by atoms with Crippen LogP contribution < -0.4 is 5.32 Å². The van der Waals surface area contributed by atoms with Gasteiger partial charge < -0.3 is 4.74 Å². The zero-order chi connectivity index (χ0) is 13.8. The summed E-state index contributed by atoms with van der Waals surface area (Å²) in [7, 11) is 0. The van der Waals surface area contributed by atoms with Crippen LogP contribution in [0, 0.1) is 0 Å². The van der Waals surface area contributed by atoms with E-state index in [0.29, 0.717) is 12.1 Å². The topological polar surface area (TPSA) is 73.2 Å². The van der Waals surface area contributed by atoms with E-state index in [1.807, 2.05) is 0 Å². The molecule has 0 saturated carbocycles. The molecule has 0 unspecified atom stereocenters. The van der Waals surface area contributed by atoms with Crippen LogP contribution in [0.5, 0.6) is 0 Å². The fraction of sp³-hybridized carbons (Fsp3) is 0.583. The third-order valence-corrected chi connectivity index (χ3v) is 2.01. The van der Waals surface area contributed by atoms with Crippen molar-refractivity contribution in [2.75, 3.05) is 5.32 Å². The van der Waals surface area contributed by atoms with Crippen LogP contribution in [0.15, 0.2) is 12.4 Å². The fourth-order valence-electron chi connectivity index (χ4n) is 1.23. The number of ether oxygens (including phenoxy) is 1. The molecular formula is C12H19N3O3. The first-order valence-electron chi connectivity index (χ1n) is 5.84. The summed E-state index contributed by atoms with van der Waals surface area (Å²) in [5.74, 6) is 0.0851. The maximum atomic E-state index is 11.5. The standard InChI is InChI=1S/C12H19N3O3/c1-5-10(16)8-15-7-9(6-13-15)14-11(17)18-12(2,3)4/h6-7H,5,8H2,1-4H3,(H,14,17). The maximum absolute atomic E-state index is 11.5. The Bertz CT molecular complexity index is 432. The van der Waals surface area contributed by atoms with Gasteiger partial charge in [-0.2, -0.15) is 5.10 Å². The Hall–Kier alpha value is -1.85. The molecule has 100 valence electrons. The SMILES string of the molecule is CCC(=O)Cn1cc(NC(=O)OC(C)(C)C)cn1. The maximum Gasteiger partial charge on any atom is 0.412 e. The van der Waals surface area contributed by atoms with Gasteiger partial charge >= 0.3 is 6.09 Å². The molecule has 6 nitrogen and oxygen atoms in total. The lowest BCUT2D eigenvalue weighted by atomic mass is 10.2. The first-order chi connectivity index (χ1) is 8.30. The number of carbonyl (C=O) groups is 2. The van der Waals surface area contributed by atoms with Gasteiger partial charge in [0.15, 0.2) is 5.78 Å². The fourth-order valence-corrected chi connectivity index (χ4v) is 1.23. The number of Topliss-reactive ketones (excluding diaryl/α,β-unsaturated/α-hetero) is 1. The molecule has 1 aromatic heterocycles. The van der Waals surface area contributed by atoms with Crippen LogP contribution >= 0.6 is 0 Å². The predicted molar refractivity (Wildman–Crippen MR) is 67.4 cm³/mol. The summed E-state index contributed by atoms with van der Waals surface area (Å²) in [6.07, 6.45) is 3.00. The van der Waals surface area contributed by atoms with E-state index < -0.39 is 11.7 Å². The van der Waals surface area contributed by atoms with Crippen LogP contribution in [0.1, 0.15) is 34.1 Å². The zero-order valence-corrected chi connectivity index (χ0v) is 11.2. The molecule has 1 heterocycles. The molecule has 0 spiro atoms. The van der Waals surface area contributed by atoms with E-state index in [1.165, 1.54) is 10.9 Å². The van der Waals surface area contributed by atoms with E-state index in [4.69, 9.17) is 4.74 Å². The van der Waals surface area contributed by atoms with E-state index in [1.54, 1.807) is 33.9 Å². The molecule has 0 atom stereocenters. The minimum atomic E-state index is -0.543. The van der Waals surface area contributed by atoms with Crippen molar-refractivity contribution in [1.82, 2.24) is 9.78 Å². The summed E-state index contributed by atoms with van der Waals surface area (Å²) in [5.41, 5.74) is -0.0358. The van der Waals surface area contributed by atoms with E-state index in [-0.39, 0.29) is 12.3 Å². The predicted octanol–water partition coefficient (Wildman–Crippen LogP) is 2.21. The van der Waals surface area contributed by atoms with Gasteiger partial charge in [-0.15, -0.1) is 0 Å². The van der Waals surface area contributed by atoms with Crippen molar-refractivity contribution in [3.63, 3.8) is 0 Å². The van der Waals surface area contributed by atoms with E-state index in [2.05, 4.69) is 10.4 Å². The van der Waals surface area contributed by atoms with Crippen LogP contribution in [0.25, 0.3) is 0 Å². The second-order valence-corrected chi connectivity index (χ2v) is 4.95. The Kier molecular flexibility index (Phi) is 4.47. The number of hydrogen-bond donors (Lipinski definition) is 1. The zero-order valence-electron chi connectivity index (χ0n) is 11.2. The monoisotopic (exact) mass is 253 g/mol. The van der Waals surface area contributed by atoms with Crippen LogP contribution in [0.2, 0.25) is 0 Å². The van der Waals surface area contributed by atoms with E-state index in [0.717, 1.165) is 0 Å². The second-order valence-electron chi connectivity index (χ2n) is 4.95. The largest absolute Gasteiger partial charge is 0.444 e. The molecule has 1 N–H and O–H groups in total. The van der Waals surface area contributed by atoms with Crippen LogP contribution in [-0.4, -0.2) is 27.3 Å². The molecule has 0 aliphatic rings. The van der Waals surface area contributed by atoms with Crippen LogP contribution in [0.4, 0.5) is 10.5 Å². The average molecular weight is 253 g/mol. The van der Waals surface area contributed by atoms with Crippen molar-refractivity contribution in [2.45, 2.75) is 46.3 Å². The third-order valence-electron chi connectivity index (χ3n) is 2.01. The van der Waals surface area contributed by atoms with Crippen molar-refractivity contribution in [2.24, 2.45) is 0 Å². The van der Waals surface area contributed by atoms with Gasteiger partial charge in [0.25, 0.3) is 0 Å². The summed E-state index contributed by atoms with van der Waals surface area (Å²) < 4.78 is 6.58. The Balaban J connectivity index is 2.54. The van der Waals surface area contributed by atoms with Crippen molar-refractivity contribution >= 4 is 17.6 Å². The number of nitrogens with zero attached hydrogens (tertiary/aromatic N) is 2. The number of rotatable bonds is 4. The highest BCUT2D eigenvalue weighted by Gasteiger charge is 2.16. The lowest BCUT2D eigenvalue weighted by Crippen LogP contribution is -2.27. The third kappa shape index (κ3) is 4.99.